The standard InChI is InChI=1S/C12H9Cl2FOS/c1-6-4-10(17-12(6)14)11(16)8-3-2-7(13)5-9(8)15/h2-5,11,16H,1H3. The van der Waals surface area contributed by atoms with Gasteiger partial charge in [-0.1, -0.05) is 29.3 Å². The summed E-state index contributed by atoms with van der Waals surface area (Å²) in [5.41, 5.74) is 1.08. The first-order valence-corrected chi connectivity index (χ1v) is 6.45. The summed E-state index contributed by atoms with van der Waals surface area (Å²) in [5.74, 6) is -0.521. The van der Waals surface area contributed by atoms with Gasteiger partial charge in [0.15, 0.2) is 0 Å². The van der Waals surface area contributed by atoms with Gasteiger partial charge in [-0.3, -0.25) is 0 Å². The van der Waals surface area contributed by atoms with Crippen molar-refractivity contribution in [1.29, 1.82) is 0 Å². The van der Waals surface area contributed by atoms with Crippen LogP contribution in [0.5, 0.6) is 0 Å². The summed E-state index contributed by atoms with van der Waals surface area (Å²) >= 11 is 12.8. The molecular weight excluding hydrogens is 282 g/mol. The molecule has 0 amide bonds. The van der Waals surface area contributed by atoms with Crippen LogP contribution in [0, 0.1) is 12.7 Å². The van der Waals surface area contributed by atoms with Gasteiger partial charge in [-0.05, 0) is 30.7 Å². The van der Waals surface area contributed by atoms with Crippen LogP contribution >= 0.6 is 34.5 Å². The molecule has 1 aromatic heterocycles. The van der Waals surface area contributed by atoms with Gasteiger partial charge < -0.3 is 5.11 Å². The number of thiophene rings is 1. The van der Waals surface area contributed by atoms with Gasteiger partial charge in [0, 0.05) is 15.5 Å². The van der Waals surface area contributed by atoms with E-state index < -0.39 is 11.9 Å². The molecule has 1 nitrogen and oxygen atoms in total. The SMILES string of the molecule is Cc1cc(C(O)c2ccc(Cl)cc2F)sc1Cl. The molecule has 1 atom stereocenters. The number of halogens is 3. The number of aryl methyl sites for hydroxylation is 1. The Morgan fingerprint density at radius 1 is 1.29 bits per heavy atom. The Morgan fingerprint density at radius 2 is 2.00 bits per heavy atom. The summed E-state index contributed by atoms with van der Waals surface area (Å²) in [6, 6.07) is 5.96. The lowest BCUT2D eigenvalue weighted by molar-refractivity contribution is 0.218. The second-order valence-corrected chi connectivity index (χ2v) is 5.80. The summed E-state index contributed by atoms with van der Waals surface area (Å²) < 4.78 is 14.2. The predicted molar refractivity (Wildman–Crippen MR) is 69.5 cm³/mol. The second kappa shape index (κ2) is 4.94. The van der Waals surface area contributed by atoms with E-state index in [0.29, 0.717) is 14.2 Å². The normalized spacial score (nSPS) is 12.8. The van der Waals surface area contributed by atoms with E-state index in [2.05, 4.69) is 0 Å². The molecule has 1 unspecified atom stereocenters. The van der Waals surface area contributed by atoms with Crippen molar-refractivity contribution >= 4 is 34.5 Å². The molecule has 1 N–H and O–H groups in total. The molecule has 90 valence electrons. The summed E-state index contributed by atoms with van der Waals surface area (Å²) in [4.78, 5) is 0.619. The van der Waals surface area contributed by atoms with Crippen molar-refractivity contribution in [3.8, 4) is 0 Å². The molecule has 2 rings (SSSR count). The van der Waals surface area contributed by atoms with Crippen LogP contribution < -0.4 is 0 Å². The zero-order chi connectivity index (χ0) is 12.6. The van der Waals surface area contributed by atoms with Gasteiger partial charge >= 0.3 is 0 Å². The smallest absolute Gasteiger partial charge is 0.130 e. The number of hydrogen-bond donors (Lipinski definition) is 1. The van der Waals surface area contributed by atoms with E-state index in [9.17, 15) is 9.50 Å². The summed E-state index contributed by atoms with van der Waals surface area (Å²) in [6.07, 6.45) is -1.01. The van der Waals surface area contributed by atoms with Gasteiger partial charge in [0.05, 0.1) is 4.34 Å². The summed E-state index contributed by atoms with van der Waals surface area (Å²) in [5, 5.41) is 10.4. The highest BCUT2D eigenvalue weighted by molar-refractivity contribution is 7.16. The second-order valence-electron chi connectivity index (χ2n) is 3.67. The highest BCUT2D eigenvalue weighted by Gasteiger charge is 2.18. The van der Waals surface area contributed by atoms with Crippen LogP contribution in [0.2, 0.25) is 9.36 Å². The Hall–Kier alpha value is -0.610. The highest BCUT2D eigenvalue weighted by Crippen LogP contribution is 2.35. The van der Waals surface area contributed by atoms with Crippen LogP contribution in [0.25, 0.3) is 0 Å². The average Bonchev–Trinajstić information content (AvgIpc) is 2.58. The first-order valence-electron chi connectivity index (χ1n) is 4.88. The molecule has 0 saturated heterocycles. The van der Waals surface area contributed by atoms with E-state index in [1.165, 1.54) is 23.5 Å². The first-order chi connectivity index (χ1) is 7.99. The minimum atomic E-state index is -1.01. The monoisotopic (exact) mass is 290 g/mol. The van der Waals surface area contributed by atoms with Crippen molar-refractivity contribution in [1.82, 2.24) is 0 Å². The number of aliphatic hydroxyl groups is 1. The maximum Gasteiger partial charge on any atom is 0.130 e. The van der Waals surface area contributed by atoms with Crippen molar-refractivity contribution in [2.75, 3.05) is 0 Å². The van der Waals surface area contributed by atoms with Crippen molar-refractivity contribution < 1.29 is 9.50 Å². The number of benzene rings is 1. The van der Waals surface area contributed by atoms with E-state index in [1.807, 2.05) is 6.92 Å². The predicted octanol–water partition coefficient (Wildman–Crippen LogP) is 4.58. The number of rotatable bonds is 2. The Kier molecular flexibility index (Phi) is 3.73. The van der Waals surface area contributed by atoms with Crippen LogP contribution in [-0.2, 0) is 0 Å². The zero-order valence-electron chi connectivity index (χ0n) is 8.88. The molecule has 0 aliphatic rings. The van der Waals surface area contributed by atoms with Crippen LogP contribution in [0.4, 0.5) is 4.39 Å². The molecule has 0 aliphatic heterocycles. The molecule has 1 heterocycles. The highest BCUT2D eigenvalue weighted by atomic mass is 35.5. The molecule has 0 spiro atoms. The fraction of sp³-hybridized carbons (Fsp3) is 0.167. The van der Waals surface area contributed by atoms with E-state index in [0.717, 1.165) is 5.56 Å². The Morgan fingerprint density at radius 3 is 2.53 bits per heavy atom. The van der Waals surface area contributed by atoms with Crippen molar-refractivity contribution in [2.45, 2.75) is 13.0 Å². The first kappa shape index (κ1) is 12.8. The van der Waals surface area contributed by atoms with E-state index >= 15 is 0 Å². The lowest BCUT2D eigenvalue weighted by Gasteiger charge is -2.10. The molecule has 0 bridgehead atoms. The van der Waals surface area contributed by atoms with Gasteiger partial charge in [0.1, 0.15) is 11.9 Å². The topological polar surface area (TPSA) is 20.2 Å². The number of hydrogen-bond acceptors (Lipinski definition) is 2. The molecule has 17 heavy (non-hydrogen) atoms. The molecule has 0 saturated carbocycles. The summed E-state index contributed by atoms with van der Waals surface area (Å²) in [7, 11) is 0. The molecule has 2 aromatic rings. The third kappa shape index (κ3) is 2.63. The molecule has 0 fully saturated rings. The minimum absolute atomic E-state index is 0.201. The van der Waals surface area contributed by atoms with Crippen LogP contribution in [0.15, 0.2) is 24.3 Å². The molecular formula is C12H9Cl2FOS. The quantitative estimate of drug-likeness (QED) is 0.858. The van der Waals surface area contributed by atoms with E-state index in [1.54, 1.807) is 12.1 Å². The minimum Gasteiger partial charge on any atom is -0.383 e. The Labute approximate surface area is 112 Å². The fourth-order valence-electron chi connectivity index (χ4n) is 1.49. The molecule has 1 aromatic carbocycles. The van der Waals surface area contributed by atoms with Crippen molar-refractivity contribution in [2.24, 2.45) is 0 Å². The maximum absolute atomic E-state index is 13.6. The van der Waals surface area contributed by atoms with E-state index in [-0.39, 0.29) is 5.56 Å². The van der Waals surface area contributed by atoms with Gasteiger partial charge in [-0.2, -0.15) is 0 Å². The van der Waals surface area contributed by atoms with Crippen molar-refractivity contribution in [3.63, 3.8) is 0 Å². The largest absolute Gasteiger partial charge is 0.383 e. The fourth-order valence-corrected chi connectivity index (χ4v) is 2.88. The Balaban J connectivity index is 2.39. The third-order valence-corrected chi connectivity index (χ3v) is 4.25. The lowest BCUT2D eigenvalue weighted by atomic mass is 10.1. The van der Waals surface area contributed by atoms with E-state index in [4.69, 9.17) is 23.2 Å². The molecule has 0 aliphatic carbocycles. The van der Waals surface area contributed by atoms with Crippen LogP contribution in [0.3, 0.4) is 0 Å². The molecule has 5 heteroatoms. The third-order valence-electron chi connectivity index (χ3n) is 2.40. The van der Waals surface area contributed by atoms with Crippen LogP contribution in [-0.4, -0.2) is 5.11 Å². The Bertz CT molecular complexity index is 534. The van der Waals surface area contributed by atoms with Gasteiger partial charge in [-0.15, -0.1) is 11.3 Å². The zero-order valence-corrected chi connectivity index (χ0v) is 11.2. The van der Waals surface area contributed by atoms with Gasteiger partial charge in [0.25, 0.3) is 0 Å². The summed E-state index contributed by atoms with van der Waals surface area (Å²) in [6.45, 7) is 1.84. The molecule has 0 radical (unpaired) electrons. The lowest BCUT2D eigenvalue weighted by Crippen LogP contribution is -2.00. The number of aliphatic hydroxyl groups excluding tert-OH is 1. The van der Waals surface area contributed by atoms with Crippen molar-refractivity contribution in [3.05, 3.63) is 55.4 Å². The average molecular weight is 291 g/mol. The van der Waals surface area contributed by atoms with Crippen LogP contribution in [0.1, 0.15) is 22.1 Å². The maximum atomic E-state index is 13.6. The van der Waals surface area contributed by atoms with Gasteiger partial charge in [-0.25, -0.2) is 4.39 Å². The van der Waals surface area contributed by atoms with Gasteiger partial charge in [0.2, 0.25) is 0 Å².